The van der Waals surface area contributed by atoms with Crippen LogP contribution in [0.5, 0.6) is 5.75 Å². The van der Waals surface area contributed by atoms with Crippen LogP contribution in [-0.2, 0) is 0 Å². The Morgan fingerprint density at radius 2 is 1.80 bits per heavy atom. The zero-order valence-electron chi connectivity index (χ0n) is 19.2. The summed E-state index contributed by atoms with van der Waals surface area (Å²) in [6.45, 7) is 0.125. The molecule has 0 spiro atoms. The molecule has 0 radical (unpaired) electrons. The monoisotopic (exact) mass is 508 g/mol. The number of aliphatic hydroxyl groups excluding tert-OH is 1. The van der Waals surface area contributed by atoms with Gasteiger partial charge in [-0.15, -0.1) is 0 Å². The quantitative estimate of drug-likeness (QED) is 0.531. The Morgan fingerprint density at radius 1 is 1.09 bits per heavy atom. The number of piperidine rings is 1. The Kier molecular flexibility index (Phi) is 7.57. The number of carbonyl (C=O) groups excluding carboxylic acids is 1. The van der Waals surface area contributed by atoms with Crippen molar-refractivity contribution in [3.8, 4) is 5.75 Å². The highest BCUT2D eigenvalue weighted by Gasteiger charge is 2.58. The molecule has 3 unspecified atom stereocenters. The Balaban J connectivity index is 1.17. The molecule has 0 bridgehead atoms. The van der Waals surface area contributed by atoms with E-state index in [-0.39, 0.29) is 25.2 Å². The van der Waals surface area contributed by atoms with Crippen molar-refractivity contribution in [1.82, 2.24) is 9.80 Å². The third kappa shape index (κ3) is 6.22. The maximum Gasteiger partial charge on any atom is 0.454 e. The lowest BCUT2D eigenvalue weighted by Gasteiger charge is -2.34. The Morgan fingerprint density at radius 3 is 2.40 bits per heavy atom. The van der Waals surface area contributed by atoms with Crippen LogP contribution in [0.1, 0.15) is 42.5 Å². The molecule has 4 rings (SSSR count). The number of alkyl halides is 5. The number of hydrogen-bond acceptors (Lipinski definition) is 4. The predicted octanol–water partition coefficient (Wildman–Crippen LogP) is 4.35. The summed E-state index contributed by atoms with van der Waals surface area (Å²) in [6.07, 6.45) is -2.72. The van der Waals surface area contributed by atoms with Crippen LogP contribution in [0.15, 0.2) is 18.2 Å². The lowest BCUT2D eigenvalue weighted by molar-refractivity contribution is -0.287. The summed E-state index contributed by atoms with van der Waals surface area (Å²) in [5.74, 6) is -4.40. The first kappa shape index (κ1) is 26.1. The van der Waals surface area contributed by atoms with Crippen molar-refractivity contribution < 1.29 is 41.0 Å². The van der Waals surface area contributed by atoms with Crippen LogP contribution in [-0.4, -0.2) is 78.3 Å². The van der Waals surface area contributed by atoms with Crippen LogP contribution in [0.2, 0.25) is 0 Å². The number of halogens is 6. The van der Waals surface area contributed by atoms with Crippen molar-refractivity contribution in [3.05, 3.63) is 29.6 Å². The topological polar surface area (TPSA) is 53.0 Å². The standard InChI is InChI=1S/C24H30F6N2O3/c25-21-12-18(1-2-19(21)22(34)32-9-5-17(33)13-32)35-10-6-16-11-20(16)15-3-7-31(8-4-15)14-23(26,27)24(28,29)30/h1-2,12,15-17,20,33H,3-11,13-14H2. The molecule has 2 saturated heterocycles. The summed E-state index contributed by atoms with van der Waals surface area (Å²) >= 11 is 0. The molecule has 11 heteroatoms. The molecule has 1 aliphatic carbocycles. The Labute approximate surface area is 200 Å². The third-order valence-electron chi connectivity index (χ3n) is 7.43. The predicted molar refractivity (Wildman–Crippen MR) is 115 cm³/mol. The first-order chi connectivity index (χ1) is 16.4. The van der Waals surface area contributed by atoms with Crippen LogP contribution >= 0.6 is 0 Å². The highest BCUT2D eigenvalue weighted by Crippen LogP contribution is 2.50. The molecule has 5 nitrogen and oxygen atoms in total. The minimum Gasteiger partial charge on any atom is -0.493 e. The van der Waals surface area contributed by atoms with Crippen LogP contribution < -0.4 is 4.74 Å². The molecule has 196 valence electrons. The number of nitrogens with zero attached hydrogens (tertiary/aromatic N) is 2. The van der Waals surface area contributed by atoms with Gasteiger partial charge in [-0.05, 0) is 75.1 Å². The summed E-state index contributed by atoms with van der Waals surface area (Å²) in [5, 5.41) is 9.56. The number of hydrogen-bond donors (Lipinski definition) is 1. The molecular formula is C24H30F6N2O3. The smallest absolute Gasteiger partial charge is 0.454 e. The zero-order valence-corrected chi connectivity index (χ0v) is 19.2. The lowest BCUT2D eigenvalue weighted by atomic mass is 9.90. The van der Waals surface area contributed by atoms with Crippen molar-refractivity contribution in [1.29, 1.82) is 0 Å². The minimum absolute atomic E-state index is 0.0620. The molecule has 3 atom stereocenters. The fraction of sp³-hybridized carbons (Fsp3) is 0.708. The molecule has 1 amide bonds. The second kappa shape index (κ2) is 10.2. The molecule has 3 fully saturated rings. The van der Waals surface area contributed by atoms with Gasteiger partial charge in [0.1, 0.15) is 11.6 Å². The SMILES string of the molecule is O=C(c1ccc(OCCC2CC2C2CCN(CC(F)(F)C(F)(F)F)CC2)cc1F)N1CCC(O)C1. The first-order valence-corrected chi connectivity index (χ1v) is 12.0. The van der Waals surface area contributed by atoms with Gasteiger partial charge in [0, 0.05) is 19.2 Å². The van der Waals surface area contributed by atoms with Gasteiger partial charge in [-0.25, -0.2) is 4.39 Å². The number of ether oxygens (including phenoxy) is 1. The molecule has 35 heavy (non-hydrogen) atoms. The van der Waals surface area contributed by atoms with Crippen LogP contribution in [0.3, 0.4) is 0 Å². The third-order valence-corrected chi connectivity index (χ3v) is 7.43. The summed E-state index contributed by atoms with van der Waals surface area (Å²) in [4.78, 5) is 15.0. The molecule has 1 aromatic rings. The molecule has 1 saturated carbocycles. The van der Waals surface area contributed by atoms with Gasteiger partial charge < -0.3 is 14.7 Å². The second-order valence-corrected chi connectivity index (χ2v) is 9.95. The highest BCUT2D eigenvalue weighted by atomic mass is 19.4. The molecule has 2 aliphatic heterocycles. The van der Waals surface area contributed by atoms with E-state index in [1.54, 1.807) is 6.07 Å². The molecule has 1 aromatic carbocycles. The van der Waals surface area contributed by atoms with E-state index in [9.17, 15) is 36.2 Å². The van der Waals surface area contributed by atoms with Crippen molar-refractivity contribution in [2.24, 2.45) is 17.8 Å². The first-order valence-electron chi connectivity index (χ1n) is 12.0. The van der Waals surface area contributed by atoms with Crippen LogP contribution in [0, 0.1) is 23.6 Å². The summed E-state index contributed by atoms with van der Waals surface area (Å²) in [5.41, 5.74) is -0.0620. The van der Waals surface area contributed by atoms with E-state index >= 15 is 0 Å². The van der Waals surface area contributed by atoms with Gasteiger partial charge in [0.2, 0.25) is 0 Å². The average Bonchev–Trinajstić information content (AvgIpc) is 3.42. The van der Waals surface area contributed by atoms with Gasteiger partial charge in [-0.2, -0.15) is 22.0 Å². The number of aliphatic hydroxyl groups is 1. The van der Waals surface area contributed by atoms with Crippen molar-refractivity contribution in [3.63, 3.8) is 0 Å². The maximum atomic E-state index is 14.5. The normalized spacial score (nSPS) is 26.3. The second-order valence-electron chi connectivity index (χ2n) is 9.95. The summed E-state index contributed by atoms with van der Waals surface area (Å²) in [6, 6.07) is 4.10. The van der Waals surface area contributed by atoms with E-state index in [0.29, 0.717) is 55.9 Å². The van der Waals surface area contributed by atoms with Gasteiger partial charge in [0.15, 0.2) is 0 Å². The molecule has 0 aromatic heterocycles. The Hall–Kier alpha value is -2.01. The summed E-state index contributed by atoms with van der Waals surface area (Å²) < 4.78 is 83.9. The van der Waals surface area contributed by atoms with Crippen molar-refractivity contribution in [2.45, 2.75) is 50.3 Å². The van der Waals surface area contributed by atoms with Crippen LogP contribution in [0.25, 0.3) is 0 Å². The van der Waals surface area contributed by atoms with E-state index in [2.05, 4.69) is 0 Å². The fourth-order valence-corrected chi connectivity index (χ4v) is 5.27. The van der Waals surface area contributed by atoms with E-state index in [1.165, 1.54) is 21.9 Å². The number of benzene rings is 1. The number of β-amino-alcohol motifs (C(OH)–C–C–N with tert-alkyl or cyclic N) is 1. The molecule has 1 N–H and O–H groups in total. The Bertz CT molecular complexity index is 904. The number of rotatable bonds is 8. The maximum absolute atomic E-state index is 14.5. The molecule has 3 aliphatic rings. The van der Waals surface area contributed by atoms with E-state index in [4.69, 9.17) is 4.74 Å². The van der Waals surface area contributed by atoms with E-state index in [0.717, 1.165) is 12.8 Å². The number of carbonyl (C=O) groups is 1. The minimum atomic E-state index is -5.53. The molecule has 2 heterocycles. The fourth-order valence-electron chi connectivity index (χ4n) is 5.27. The lowest BCUT2D eigenvalue weighted by Crippen LogP contribution is -2.49. The zero-order chi connectivity index (χ0) is 25.4. The van der Waals surface area contributed by atoms with Gasteiger partial charge in [0.05, 0.1) is 24.8 Å². The van der Waals surface area contributed by atoms with Crippen molar-refractivity contribution in [2.75, 3.05) is 39.3 Å². The number of amides is 1. The average molecular weight is 509 g/mol. The van der Waals surface area contributed by atoms with Gasteiger partial charge in [-0.1, -0.05) is 0 Å². The van der Waals surface area contributed by atoms with E-state index < -0.39 is 36.5 Å². The number of likely N-dealkylation sites (tertiary alicyclic amines) is 2. The van der Waals surface area contributed by atoms with Gasteiger partial charge in [-0.3, -0.25) is 9.69 Å². The van der Waals surface area contributed by atoms with Crippen molar-refractivity contribution >= 4 is 5.91 Å². The van der Waals surface area contributed by atoms with E-state index in [1.807, 2.05) is 0 Å². The van der Waals surface area contributed by atoms with Gasteiger partial charge in [0.25, 0.3) is 5.91 Å². The van der Waals surface area contributed by atoms with Gasteiger partial charge >= 0.3 is 12.1 Å². The highest BCUT2D eigenvalue weighted by molar-refractivity contribution is 5.94. The van der Waals surface area contributed by atoms with Crippen LogP contribution in [0.4, 0.5) is 26.3 Å². The largest absolute Gasteiger partial charge is 0.493 e. The summed E-state index contributed by atoms with van der Waals surface area (Å²) in [7, 11) is 0. The molecular weight excluding hydrogens is 478 g/mol.